The van der Waals surface area contributed by atoms with Crippen molar-refractivity contribution in [2.75, 3.05) is 31.5 Å². The number of carbonyl (C=O) groups is 1. The van der Waals surface area contributed by atoms with Crippen LogP contribution in [0.1, 0.15) is 12.0 Å². The number of rotatable bonds is 4. The summed E-state index contributed by atoms with van der Waals surface area (Å²) >= 11 is 5.97. The molecule has 20 heavy (non-hydrogen) atoms. The summed E-state index contributed by atoms with van der Waals surface area (Å²) in [6.45, 7) is 4.64. The van der Waals surface area contributed by atoms with E-state index in [2.05, 4.69) is 10.6 Å². The fourth-order valence-corrected chi connectivity index (χ4v) is 2.53. The SMILES string of the molecule is Cc1ccc(Cl)cc1NCC[C@@H]1CN(C(=O)O)CCN1. The van der Waals surface area contributed by atoms with Crippen molar-refractivity contribution in [3.05, 3.63) is 28.8 Å². The number of anilines is 1. The zero-order valence-corrected chi connectivity index (χ0v) is 12.3. The van der Waals surface area contributed by atoms with Gasteiger partial charge in [-0.25, -0.2) is 4.79 Å². The molecule has 1 aromatic rings. The van der Waals surface area contributed by atoms with E-state index in [9.17, 15) is 4.79 Å². The molecule has 0 radical (unpaired) electrons. The molecule has 3 N–H and O–H groups in total. The molecule has 1 atom stereocenters. The monoisotopic (exact) mass is 297 g/mol. The van der Waals surface area contributed by atoms with Crippen molar-refractivity contribution in [2.45, 2.75) is 19.4 Å². The number of benzene rings is 1. The average Bonchev–Trinajstić information content (AvgIpc) is 2.43. The van der Waals surface area contributed by atoms with E-state index < -0.39 is 6.09 Å². The molecule has 1 fully saturated rings. The summed E-state index contributed by atoms with van der Waals surface area (Å²) in [6, 6.07) is 5.96. The molecule has 0 spiro atoms. The van der Waals surface area contributed by atoms with Gasteiger partial charge in [-0.1, -0.05) is 17.7 Å². The Morgan fingerprint density at radius 3 is 3.15 bits per heavy atom. The summed E-state index contributed by atoms with van der Waals surface area (Å²) in [6.07, 6.45) is 0.0329. The number of nitrogens with zero attached hydrogens (tertiary/aromatic N) is 1. The van der Waals surface area contributed by atoms with E-state index in [4.69, 9.17) is 16.7 Å². The molecule has 0 aromatic heterocycles. The van der Waals surface area contributed by atoms with Crippen LogP contribution in [-0.4, -0.2) is 48.3 Å². The standard InChI is InChI=1S/C14H20ClN3O2/c1-10-2-3-11(15)8-13(10)17-5-4-12-9-18(14(19)20)7-6-16-12/h2-3,8,12,16-17H,4-7,9H2,1H3,(H,19,20)/t12-/m1/s1. The number of piperazine rings is 1. The molecular formula is C14H20ClN3O2. The van der Waals surface area contributed by atoms with Gasteiger partial charge in [0.05, 0.1) is 0 Å². The molecule has 0 aliphatic carbocycles. The number of halogens is 1. The lowest BCUT2D eigenvalue weighted by Crippen LogP contribution is -2.52. The van der Waals surface area contributed by atoms with Gasteiger partial charge in [0.1, 0.15) is 0 Å². The maximum atomic E-state index is 10.9. The summed E-state index contributed by atoms with van der Waals surface area (Å²) in [5.41, 5.74) is 2.18. The van der Waals surface area contributed by atoms with Gasteiger partial charge < -0.3 is 20.6 Å². The molecule has 1 aliphatic rings. The molecule has 1 saturated heterocycles. The highest BCUT2D eigenvalue weighted by Gasteiger charge is 2.22. The van der Waals surface area contributed by atoms with Gasteiger partial charge in [0.2, 0.25) is 0 Å². The lowest BCUT2D eigenvalue weighted by molar-refractivity contribution is 0.128. The third kappa shape index (κ3) is 4.02. The molecule has 6 heteroatoms. The van der Waals surface area contributed by atoms with Gasteiger partial charge in [-0.2, -0.15) is 0 Å². The lowest BCUT2D eigenvalue weighted by atomic mass is 10.1. The van der Waals surface area contributed by atoms with E-state index in [1.807, 2.05) is 25.1 Å². The molecule has 1 amide bonds. The first-order valence-corrected chi connectivity index (χ1v) is 7.15. The van der Waals surface area contributed by atoms with Crippen molar-refractivity contribution in [3.63, 3.8) is 0 Å². The topological polar surface area (TPSA) is 64.6 Å². The Bertz CT molecular complexity index is 481. The molecule has 2 rings (SSSR count). The minimum absolute atomic E-state index is 0.201. The summed E-state index contributed by atoms with van der Waals surface area (Å²) < 4.78 is 0. The molecule has 1 heterocycles. The summed E-state index contributed by atoms with van der Waals surface area (Å²) in [7, 11) is 0. The Morgan fingerprint density at radius 1 is 1.60 bits per heavy atom. The lowest BCUT2D eigenvalue weighted by Gasteiger charge is -2.32. The average molecular weight is 298 g/mol. The van der Waals surface area contributed by atoms with Crippen LogP contribution in [0.25, 0.3) is 0 Å². The number of amides is 1. The van der Waals surface area contributed by atoms with Crippen LogP contribution in [0, 0.1) is 6.92 Å². The minimum Gasteiger partial charge on any atom is -0.465 e. The third-order valence-corrected chi connectivity index (χ3v) is 3.77. The van der Waals surface area contributed by atoms with E-state index in [1.165, 1.54) is 4.90 Å². The number of nitrogens with one attached hydrogen (secondary N) is 2. The molecule has 0 saturated carbocycles. The molecule has 1 aliphatic heterocycles. The van der Waals surface area contributed by atoms with E-state index in [0.29, 0.717) is 24.7 Å². The van der Waals surface area contributed by atoms with Crippen LogP contribution in [0.2, 0.25) is 5.02 Å². The van der Waals surface area contributed by atoms with Crippen LogP contribution >= 0.6 is 11.6 Å². The number of hydrogen-bond donors (Lipinski definition) is 3. The molecular weight excluding hydrogens is 278 g/mol. The Hall–Kier alpha value is -1.46. The third-order valence-electron chi connectivity index (χ3n) is 3.53. The maximum absolute atomic E-state index is 10.9. The van der Waals surface area contributed by atoms with E-state index >= 15 is 0 Å². The molecule has 110 valence electrons. The molecule has 1 aromatic carbocycles. The highest BCUT2D eigenvalue weighted by atomic mass is 35.5. The van der Waals surface area contributed by atoms with Gasteiger partial charge in [0.25, 0.3) is 0 Å². The van der Waals surface area contributed by atoms with E-state index in [1.54, 1.807) is 0 Å². The zero-order chi connectivity index (χ0) is 14.5. The number of hydrogen-bond acceptors (Lipinski definition) is 3. The van der Waals surface area contributed by atoms with Crippen molar-refractivity contribution in [1.29, 1.82) is 0 Å². The van der Waals surface area contributed by atoms with Gasteiger partial charge in [0, 0.05) is 42.9 Å². The van der Waals surface area contributed by atoms with Crippen molar-refractivity contribution >= 4 is 23.4 Å². The summed E-state index contributed by atoms with van der Waals surface area (Å²) in [5.74, 6) is 0. The first-order valence-electron chi connectivity index (χ1n) is 6.77. The molecule has 0 bridgehead atoms. The Kier molecular flexibility index (Phi) is 5.09. The Labute approximate surface area is 123 Å². The van der Waals surface area contributed by atoms with Gasteiger partial charge in [-0.15, -0.1) is 0 Å². The second kappa shape index (κ2) is 6.81. The Balaban J connectivity index is 1.80. The predicted octanol–water partition coefficient (Wildman–Crippen LogP) is 2.40. The highest BCUT2D eigenvalue weighted by molar-refractivity contribution is 6.30. The zero-order valence-electron chi connectivity index (χ0n) is 11.5. The van der Waals surface area contributed by atoms with E-state index in [0.717, 1.165) is 24.2 Å². The fourth-order valence-electron chi connectivity index (χ4n) is 2.36. The molecule has 0 unspecified atom stereocenters. The van der Waals surface area contributed by atoms with Crippen molar-refractivity contribution in [1.82, 2.24) is 10.2 Å². The second-order valence-electron chi connectivity index (χ2n) is 5.05. The van der Waals surface area contributed by atoms with Gasteiger partial charge in [0.15, 0.2) is 0 Å². The van der Waals surface area contributed by atoms with Crippen LogP contribution in [0.3, 0.4) is 0 Å². The maximum Gasteiger partial charge on any atom is 0.407 e. The number of carboxylic acid groups (broad SMARTS) is 1. The van der Waals surface area contributed by atoms with Crippen molar-refractivity contribution in [3.8, 4) is 0 Å². The first kappa shape index (κ1) is 14.9. The van der Waals surface area contributed by atoms with Gasteiger partial charge in [-0.3, -0.25) is 0 Å². The van der Waals surface area contributed by atoms with Gasteiger partial charge >= 0.3 is 6.09 Å². The largest absolute Gasteiger partial charge is 0.465 e. The van der Waals surface area contributed by atoms with Crippen LogP contribution < -0.4 is 10.6 Å². The van der Waals surface area contributed by atoms with E-state index in [-0.39, 0.29) is 6.04 Å². The van der Waals surface area contributed by atoms with Gasteiger partial charge in [-0.05, 0) is 31.0 Å². The summed E-state index contributed by atoms with van der Waals surface area (Å²) in [4.78, 5) is 12.4. The quantitative estimate of drug-likeness (QED) is 0.798. The predicted molar refractivity (Wildman–Crippen MR) is 80.7 cm³/mol. The Morgan fingerprint density at radius 2 is 2.40 bits per heavy atom. The van der Waals surface area contributed by atoms with Crippen LogP contribution in [0.5, 0.6) is 0 Å². The highest BCUT2D eigenvalue weighted by Crippen LogP contribution is 2.20. The van der Waals surface area contributed by atoms with Crippen LogP contribution in [0.4, 0.5) is 10.5 Å². The molecule has 5 nitrogen and oxygen atoms in total. The smallest absolute Gasteiger partial charge is 0.407 e. The fraction of sp³-hybridized carbons (Fsp3) is 0.500. The summed E-state index contributed by atoms with van der Waals surface area (Å²) in [5, 5.41) is 16.4. The van der Waals surface area contributed by atoms with Crippen LogP contribution in [-0.2, 0) is 0 Å². The normalized spacial score (nSPS) is 18.9. The second-order valence-corrected chi connectivity index (χ2v) is 5.49. The van der Waals surface area contributed by atoms with Crippen molar-refractivity contribution < 1.29 is 9.90 Å². The first-order chi connectivity index (χ1) is 9.56. The van der Waals surface area contributed by atoms with Crippen molar-refractivity contribution in [2.24, 2.45) is 0 Å². The number of aryl methyl sites for hydroxylation is 1. The minimum atomic E-state index is -0.838. The van der Waals surface area contributed by atoms with Crippen LogP contribution in [0.15, 0.2) is 18.2 Å².